The Kier molecular flexibility index (Phi) is 6.86. The van der Waals surface area contributed by atoms with Gasteiger partial charge in [-0.2, -0.15) is 0 Å². The number of amides is 1. The fraction of sp³-hybridized carbons (Fsp3) is 0.192. The largest absolute Gasteiger partial charge is 0.374 e. The zero-order chi connectivity index (χ0) is 24.2. The Balaban J connectivity index is 2.26. The smallest absolute Gasteiger partial charge is 0.268 e. The third-order valence-electron chi connectivity index (χ3n) is 5.39. The standard InChI is InChI=1S/C26H24FNO5/c1-17(2)22(29)26(33,24(31)28-21-11-7-4-8-12-21)25(32,19-9-5-3-6-10-19)23(30)18-13-15-20(27)16-14-18/h3-17,32-33H,1-2H3,(H,28,31). The monoisotopic (exact) mass is 449 g/mol. The van der Waals surface area contributed by atoms with Gasteiger partial charge in [0.1, 0.15) is 5.82 Å². The van der Waals surface area contributed by atoms with E-state index >= 15 is 0 Å². The Labute approximate surface area is 190 Å². The van der Waals surface area contributed by atoms with Crippen molar-refractivity contribution in [2.75, 3.05) is 5.32 Å². The lowest BCUT2D eigenvalue weighted by Crippen LogP contribution is -2.68. The molecule has 2 unspecified atom stereocenters. The Hall–Kier alpha value is -3.68. The minimum Gasteiger partial charge on any atom is -0.374 e. The molecule has 2 atom stereocenters. The number of benzene rings is 3. The molecule has 3 rings (SSSR count). The molecule has 0 aliphatic rings. The first-order valence-electron chi connectivity index (χ1n) is 10.3. The van der Waals surface area contributed by atoms with E-state index < -0.39 is 40.4 Å². The number of carbonyl (C=O) groups is 3. The Bertz CT molecular complexity index is 1150. The summed E-state index contributed by atoms with van der Waals surface area (Å²) in [7, 11) is 0. The van der Waals surface area contributed by atoms with E-state index in [0.717, 1.165) is 24.3 Å². The number of Topliss-reactive ketones (excluding diaryl/α,β-unsaturated/α-hetero) is 2. The van der Waals surface area contributed by atoms with E-state index in [2.05, 4.69) is 5.32 Å². The maximum Gasteiger partial charge on any atom is 0.268 e. The van der Waals surface area contributed by atoms with Crippen molar-refractivity contribution in [3.05, 3.63) is 102 Å². The van der Waals surface area contributed by atoms with Crippen LogP contribution in [0.15, 0.2) is 84.9 Å². The van der Waals surface area contributed by atoms with E-state index in [9.17, 15) is 29.0 Å². The summed E-state index contributed by atoms with van der Waals surface area (Å²) in [6.45, 7) is 2.88. The van der Waals surface area contributed by atoms with E-state index in [4.69, 9.17) is 0 Å². The summed E-state index contributed by atoms with van der Waals surface area (Å²) < 4.78 is 13.5. The summed E-state index contributed by atoms with van der Waals surface area (Å²) in [6.07, 6.45) is 0. The average molecular weight is 449 g/mol. The lowest BCUT2D eigenvalue weighted by atomic mass is 9.68. The van der Waals surface area contributed by atoms with Gasteiger partial charge < -0.3 is 15.5 Å². The first-order valence-corrected chi connectivity index (χ1v) is 10.3. The number of halogens is 1. The maximum absolute atomic E-state index is 13.6. The average Bonchev–Trinajstić information content (AvgIpc) is 2.83. The molecule has 3 aromatic rings. The first kappa shape index (κ1) is 24.0. The van der Waals surface area contributed by atoms with E-state index in [1.54, 1.807) is 24.3 Å². The second-order valence-electron chi connectivity index (χ2n) is 7.96. The van der Waals surface area contributed by atoms with Crippen LogP contribution < -0.4 is 5.32 Å². The van der Waals surface area contributed by atoms with Crippen LogP contribution >= 0.6 is 0 Å². The van der Waals surface area contributed by atoms with Crippen LogP contribution in [-0.2, 0) is 15.2 Å². The lowest BCUT2D eigenvalue weighted by Gasteiger charge is -2.41. The molecule has 0 aliphatic heterocycles. The molecular formula is C26H24FNO5. The molecule has 0 saturated heterocycles. The molecule has 3 N–H and O–H groups in total. The first-order chi connectivity index (χ1) is 15.6. The van der Waals surface area contributed by atoms with Crippen LogP contribution in [0.2, 0.25) is 0 Å². The van der Waals surface area contributed by atoms with Crippen LogP contribution in [0.1, 0.15) is 29.8 Å². The number of hydrogen-bond donors (Lipinski definition) is 3. The van der Waals surface area contributed by atoms with Gasteiger partial charge in [-0.25, -0.2) is 4.39 Å². The third-order valence-corrected chi connectivity index (χ3v) is 5.39. The summed E-state index contributed by atoms with van der Waals surface area (Å²) >= 11 is 0. The van der Waals surface area contributed by atoms with Crippen molar-refractivity contribution in [2.24, 2.45) is 5.92 Å². The van der Waals surface area contributed by atoms with Crippen molar-refractivity contribution in [3.63, 3.8) is 0 Å². The third kappa shape index (κ3) is 4.33. The highest BCUT2D eigenvalue weighted by molar-refractivity contribution is 6.21. The highest BCUT2D eigenvalue weighted by atomic mass is 19.1. The molecule has 0 aliphatic carbocycles. The van der Waals surface area contributed by atoms with E-state index in [1.807, 2.05) is 0 Å². The quantitative estimate of drug-likeness (QED) is 0.361. The second kappa shape index (κ2) is 9.44. The van der Waals surface area contributed by atoms with Gasteiger partial charge >= 0.3 is 0 Å². The molecule has 0 radical (unpaired) electrons. The van der Waals surface area contributed by atoms with Gasteiger partial charge in [-0.05, 0) is 42.0 Å². The van der Waals surface area contributed by atoms with Gasteiger partial charge in [-0.1, -0.05) is 62.4 Å². The van der Waals surface area contributed by atoms with E-state index in [1.165, 1.54) is 50.2 Å². The molecule has 0 saturated carbocycles. The van der Waals surface area contributed by atoms with Gasteiger partial charge in [-0.15, -0.1) is 0 Å². The lowest BCUT2D eigenvalue weighted by molar-refractivity contribution is -0.175. The Morgan fingerprint density at radius 3 is 1.85 bits per heavy atom. The van der Waals surface area contributed by atoms with E-state index in [-0.39, 0.29) is 16.8 Å². The second-order valence-corrected chi connectivity index (χ2v) is 7.96. The van der Waals surface area contributed by atoms with Gasteiger partial charge in [0, 0.05) is 17.2 Å². The topological polar surface area (TPSA) is 104 Å². The number of anilines is 1. The zero-order valence-electron chi connectivity index (χ0n) is 18.2. The van der Waals surface area contributed by atoms with Crippen LogP contribution in [0.4, 0.5) is 10.1 Å². The normalized spacial score (nSPS) is 14.7. The molecule has 1 amide bonds. The van der Waals surface area contributed by atoms with Crippen molar-refractivity contribution in [2.45, 2.75) is 25.0 Å². The van der Waals surface area contributed by atoms with Crippen molar-refractivity contribution < 1.29 is 29.0 Å². The van der Waals surface area contributed by atoms with Crippen LogP contribution in [0.5, 0.6) is 0 Å². The molecule has 0 aromatic heterocycles. The molecule has 7 heteroatoms. The number of carbonyl (C=O) groups excluding carboxylic acids is 3. The molecule has 3 aromatic carbocycles. The molecule has 170 valence electrons. The maximum atomic E-state index is 13.6. The predicted octanol–water partition coefficient (Wildman–Crippen LogP) is 3.49. The van der Waals surface area contributed by atoms with Gasteiger partial charge in [0.25, 0.3) is 5.91 Å². The van der Waals surface area contributed by atoms with Crippen LogP contribution in [0, 0.1) is 11.7 Å². The SMILES string of the molecule is CC(C)C(=O)C(O)(C(=O)Nc1ccccc1)C(O)(C(=O)c1ccc(F)cc1)c1ccccc1. The van der Waals surface area contributed by atoms with Gasteiger partial charge in [0.05, 0.1) is 0 Å². The van der Waals surface area contributed by atoms with Gasteiger partial charge in [0.2, 0.25) is 11.4 Å². The summed E-state index contributed by atoms with van der Waals surface area (Å²) in [4.78, 5) is 40.4. The number of para-hydroxylation sites is 1. The fourth-order valence-corrected chi connectivity index (χ4v) is 3.61. The Morgan fingerprint density at radius 2 is 1.33 bits per heavy atom. The van der Waals surface area contributed by atoms with Crippen LogP contribution in [0.3, 0.4) is 0 Å². The number of nitrogens with one attached hydrogen (secondary N) is 1. The van der Waals surface area contributed by atoms with Crippen molar-refractivity contribution in [3.8, 4) is 0 Å². The molecular weight excluding hydrogens is 425 g/mol. The molecule has 0 spiro atoms. The zero-order valence-corrected chi connectivity index (χ0v) is 18.2. The summed E-state index contributed by atoms with van der Waals surface area (Å²) in [6, 6.07) is 19.5. The number of rotatable bonds is 8. The van der Waals surface area contributed by atoms with Crippen LogP contribution in [0.25, 0.3) is 0 Å². The molecule has 33 heavy (non-hydrogen) atoms. The molecule has 6 nitrogen and oxygen atoms in total. The molecule has 0 bridgehead atoms. The minimum atomic E-state index is -3.20. The van der Waals surface area contributed by atoms with Crippen molar-refractivity contribution >= 4 is 23.2 Å². The minimum absolute atomic E-state index is 0.168. The number of hydrogen-bond acceptors (Lipinski definition) is 5. The highest BCUT2D eigenvalue weighted by Crippen LogP contribution is 2.40. The Morgan fingerprint density at radius 1 is 0.818 bits per heavy atom. The molecule has 0 heterocycles. The predicted molar refractivity (Wildman–Crippen MR) is 121 cm³/mol. The number of ketones is 2. The molecule has 0 fully saturated rings. The van der Waals surface area contributed by atoms with Crippen molar-refractivity contribution in [1.82, 2.24) is 0 Å². The summed E-state index contributed by atoms with van der Waals surface area (Å²) in [5.74, 6) is -5.00. The number of aliphatic hydroxyl groups is 2. The summed E-state index contributed by atoms with van der Waals surface area (Å²) in [5, 5.41) is 26.0. The highest BCUT2D eigenvalue weighted by Gasteiger charge is 2.65. The van der Waals surface area contributed by atoms with E-state index in [0.29, 0.717) is 0 Å². The van der Waals surface area contributed by atoms with Gasteiger partial charge in [-0.3, -0.25) is 14.4 Å². The van der Waals surface area contributed by atoms with Gasteiger partial charge in [0.15, 0.2) is 11.4 Å². The fourth-order valence-electron chi connectivity index (χ4n) is 3.61. The summed E-state index contributed by atoms with van der Waals surface area (Å²) in [5.41, 5.74) is -6.32. The van der Waals surface area contributed by atoms with Crippen molar-refractivity contribution in [1.29, 1.82) is 0 Å². The van der Waals surface area contributed by atoms with Crippen LogP contribution in [-0.4, -0.2) is 33.3 Å².